The van der Waals surface area contributed by atoms with E-state index in [1.807, 2.05) is 37.3 Å². The molecule has 0 unspecified atom stereocenters. The number of amides is 2. The minimum absolute atomic E-state index is 0.208. The van der Waals surface area contributed by atoms with Crippen molar-refractivity contribution >= 4 is 11.8 Å². The molecular formula is C22H28N2O5. The van der Waals surface area contributed by atoms with Crippen molar-refractivity contribution in [2.24, 2.45) is 0 Å². The van der Waals surface area contributed by atoms with Crippen LogP contribution in [0.2, 0.25) is 0 Å². The molecular weight excluding hydrogens is 372 g/mol. The van der Waals surface area contributed by atoms with Crippen LogP contribution in [0.5, 0.6) is 17.2 Å². The van der Waals surface area contributed by atoms with Gasteiger partial charge in [-0.2, -0.15) is 0 Å². The summed E-state index contributed by atoms with van der Waals surface area (Å²) in [6.45, 7) is 4.14. The molecule has 0 aliphatic carbocycles. The van der Waals surface area contributed by atoms with Crippen molar-refractivity contribution < 1.29 is 23.8 Å². The van der Waals surface area contributed by atoms with Crippen molar-refractivity contribution in [2.75, 3.05) is 27.4 Å². The number of benzene rings is 2. The van der Waals surface area contributed by atoms with Crippen LogP contribution in [0.1, 0.15) is 19.4 Å². The average Bonchev–Trinajstić information content (AvgIpc) is 2.75. The minimum atomic E-state index is -0.633. The summed E-state index contributed by atoms with van der Waals surface area (Å²) in [5.74, 6) is 1.06. The molecule has 29 heavy (non-hydrogen) atoms. The molecule has 1 N–H and O–H groups in total. The molecule has 0 aromatic heterocycles. The van der Waals surface area contributed by atoms with E-state index in [9.17, 15) is 9.59 Å². The number of methoxy groups -OCH3 is 2. The Bertz CT molecular complexity index is 788. The number of carbonyl (C=O) groups is 2. The van der Waals surface area contributed by atoms with E-state index in [-0.39, 0.29) is 18.4 Å². The van der Waals surface area contributed by atoms with Crippen LogP contribution < -0.4 is 19.5 Å². The first-order valence-electron chi connectivity index (χ1n) is 9.45. The lowest BCUT2D eigenvalue weighted by atomic mass is 10.1. The van der Waals surface area contributed by atoms with Crippen molar-refractivity contribution in [1.82, 2.24) is 10.2 Å². The first-order valence-corrected chi connectivity index (χ1v) is 9.45. The number of ether oxygens (including phenoxy) is 3. The van der Waals surface area contributed by atoms with Crippen LogP contribution in [-0.2, 0) is 16.1 Å². The molecule has 0 spiro atoms. The second-order valence-corrected chi connectivity index (χ2v) is 6.41. The predicted molar refractivity (Wildman–Crippen MR) is 110 cm³/mol. The summed E-state index contributed by atoms with van der Waals surface area (Å²) in [7, 11) is 3.08. The maximum atomic E-state index is 12.9. The van der Waals surface area contributed by atoms with Crippen LogP contribution in [0.15, 0.2) is 48.5 Å². The largest absolute Gasteiger partial charge is 0.496 e. The van der Waals surface area contributed by atoms with Gasteiger partial charge in [0, 0.05) is 31.3 Å². The normalized spacial score (nSPS) is 11.3. The van der Waals surface area contributed by atoms with Gasteiger partial charge in [-0.3, -0.25) is 9.59 Å². The number of nitrogens with one attached hydrogen (secondary N) is 1. The van der Waals surface area contributed by atoms with Gasteiger partial charge < -0.3 is 24.4 Å². The smallest absolute Gasteiger partial charge is 0.261 e. The zero-order valence-corrected chi connectivity index (χ0v) is 17.3. The lowest BCUT2D eigenvalue weighted by Crippen LogP contribution is -2.49. The predicted octanol–water partition coefficient (Wildman–Crippen LogP) is 2.64. The molecule has 156 valence electrons. The number of carbonyl (C=O) groups excluding carboxylic acids is 2. The van der Waals surface area contributed by atoms with Crippen LogP contribution in [0.4, 0.5) is 0 Å². The first-order chi connectivity index (χ1) is 14.0. The van der Waals surface area contributed by atoms with E-state index in [0.717, 1.165) is 5.56 Å². The van der Waals surface area contributed by atoms with E-state index in [0.29, 0.717) is 30.3 Å². The summed E-state index contributed by atoms with van der Waals surface area (Å²) in [6.07, 6.45) is 0. The highest BCUT2D eigenvalue weighted by atomic mass is 16.5. The Morgan fingerprint density at radius 3 is 2.14 bits per heavy atom. The molecule has 1 atom stereocenters. The Morgan fingerprint density at radius 2 is 1.59 bits per heavy atom. The molecule has 2 rings (SSSR count). The summed E-state index contributed by atoms with van der Waals surface area (Å²) in [5, 5.41) is 2.76. The number of nitrogens with zero attached hydrogens (tertiary/aromatic N) is 1. The first kappa shape index (κ1) is 22.1. The van der Waals surface area contributed by atoms with Gasteiger partial charge >= 0.3 is 0 Å². The lowest BCUT2D eigenvalue weighted by molar-refractivity contribution is -0.142. The average molecular weight is 400 g/mol. The molecule has 0 fully saturated rings. The van der Waals surface area contributed by atoms with Gasteiger partial charge in [0.1, 0.15) is 23.3 Å². The van der Waals surface area contributed by atoms with Crippen LogP contribution in [0, 0.1) is 0 Å². The summed E-state index contributed by atoms with van der Waals surface area (Å²) in [5.41, 5.74) is 0.931. The van der Waals surface area contributed by atoms with Crippen LogP contribution >= 0.6 is 0 Å². The van der Waals surface area contributed by atoms with Crippen molar-refractivity contribution in [3.63, 3.8) is 0 Å². The van der Waals surface area contributed by atoms with E-state index < -0.39 is 6.04 Å². The fraction of sp³-hybridized carbons (Fsp3) is 0.364. The molecule has 2 aromatic rings. The summed E-state index contributed by atoms with van der Waals surface area (Å²) in [6, 6.07) is 14.0. The van der Waals surface area contributed by atoms with Gasteiger partial charge in [-0.15, -0.1) is 0 Å². The van der Waals surface area contributed by atoms with Gasteiger partial charge in [-0.05, 0) is 19.4 Å². The molecule has 0 aliphatic heterocycles. The highest BCUT2D eigenvalue weighted by Gasteiger charge is 2.26. The SMILES string of the molecule is CCNC(=O)[C@@H](C)N(Cc1ccccc1)C(=O)COc1cc(OC)cc(OC)c1. The fourth-order valence-electron chi connectivity index (χ4n) is 2.78. The van der Waals surface area contributed by atoms with E-state index in [4.69, 9.17) is 14.2 Å². The lowest BCUT2D eigenvalue weighted by Gasteiger charge is -2.28. The number of rotatable bonds is 10. The molecule has 0 bridgehead atoms. The third-order valence-corrected chi connectivity index (χ3v) is 4.40. The molecule has 7 nitrogen and oxygen atoms in total. The van der Waals surface area contributed by atoms with Crippen LogP contribution in [0.3, 0.4) is 0 Å². The second-order valence-electron chi connectivity index (χ2n) is 6.41. The maximum Gasteiger partial charge on any atom is 0.261 e. The zero-order chi connectivity index (χ0) is 21.2. The third kappa shape index (κ3) is 6.41. The summed E-state index contributed by atoms with van der Waals surface area (Å²) < 4.78 is 16.1. The van der Waals surface area contributed by atoms with Gasteiger partial charge in [0.05, 0.1) is 14.2 Å². The van der Waals surface area contributed by atoms with Gasteiger partial charge in [0.25, 0.3) is 5.91 Å². The number of likely N-dealkylation sites (N-methyl/N-ethyl adjacent to an activating group) is 1. The van der Waals surface area contributed by atoms with Gasteiger partial charge in [-0.1, -0.05) is 30.3 Å². The molecule has 2 aromatic carbocycles. The van der Waals surface area contributed by atoms with Crippen molar-refractivity contribution in [1.29, 1.82) is 0 Å². The Labute approximate surface area is 171 Å². The monoisotopic (exact) mass is 400 g/mol. The molecule has 0 heterocycles. The zero-order valence-electron chi connectivity index (χ0n) is 17.3. The van der Waals surface area contributed by atoms with E-state index >= 15 is 0 Å². The van der Waals surface area contributed by atoms with Crippen molar-refractivity contribution in [3.8, 4) is 17.2 Å². The van der Waals surface area contributed by atoms with E-state index in [1.54, 1.807) is 39.3 Å². The second kappa shape index (κ2) is 10.9. The van der Waals surface area contributed by atoms with Crippen LogP contribution in [-0.4, -0.2) is 50.1 Å². The standard InChI is InChI=1S/C22H28N2O5/c1-5-23-22(26)16(2)24(14-17-9-7-6-8-10-17)21(25)15-29-20-12-18(27-3)11-19(13-20)28-4/h6-13,16H,5,14-15H2,1-4H3,(H,23,26)/t16-/m1/s1. The Kier molecular flexibility index (Phi) is 8.33. The highest BCUT2D eigenvalue weighted by Crippen LogP contribution is 2.27. The van der Waals surface area contributed by atoms with Gasteiger partial charge in [0.15, 0.2) is 6.61 Å². The Balaban J connectivity index is 2.15. The Morgan fingerprint density at radius 1 is 1.00 bits per heavy atom. The van der Waals surface area contributed by atoms with Gasteiger partial charge in [0.2, 0.25) is 5.91 Å². The van der Waals surface area contributed by atoms with E-state index in [2.05, 4.69) is 5.32 Å². The van der Waals surface area contributed by atoms with Gasteiger partial charge in [-0.25, -0.2) is 0 Å². The number of hydrogen-bond donors (Lipinski definition) is 1. The Hall–Kier alpha value is -3.22. The minimum Gasteiger partial charge on any atom is -0.496 e. The number of hydrogen-bond acceptors (Lipinski definition) is 5. The quantitative estimate of drug-likeness (QED) is 0.663. The molecule has 2 amide bonds. The highest BCUT2D eigenvalue weighted by molar-refractivity contribution is 5.87. The maximum absolute atomic E-state index is 12.9. The molecule has 0 aliphatic rings. The van der Waals surface area contributed by atoms with Crippen molar-refractivity contribution in [3.05, 3.63) is 54.1 Å². The van der Waals surface area contributed by atoms with E-state index in [1.165, 1.54) is 4.90 Å². The molecule has 7 heteroatoms. The third-order valence-electron chi connectivity index (χ3n) is 4.40. The molecule has 0 saturated carbocycles. The fourth-order valence-corrected chi connectivity index (χ4v) is 2.78. The summed E-state index contributed by atoms with van der Waals surface area (Å²) >= 11 is 0. The topological polar surface area (TPSA) is 77.1 Å². The van der Waals surface area contributed by atoms with Crippen molar-refractivity contribution in [2.45, 2.75) is 26.4 Å². The van der Waals surface area contributed by atoms with Crippen LogP contribution in [0.25, 0.3) is 0 Å². The summed E-state index contributed by atoms with van der Waals surface area (Å²) in [4.78, 5) is 26.8. The molecule has 0 saturated heterocycles. The molecule has 0 radical (unpaired) electrons.